The smallest absolute Gasteiger partial charge is 0.252 e. The van der Waals surface area contributed by atoms with Crippen molar-refractivity contribution >= 4 is 17.2 Å². The second kappa shape index (κ2) is 6.50. The predicted molar refractivity (Wildman–Crippen MR) is 77.4 cm³/mol. The van der Waals surface area contributed by atoms with E-state index in [2.05, 4.69) is 5.32 Å². The Hall–Kier alpha value is -1.65. The van der Waals surface area contributed by atoms with Crippen LogP contribution >= 0.6 is 11.3 Å². The molecule has 0 fully saturated rings. The fraction of sp³-hybridized carbons (Fsp3) is 0.267. The quantitative estimate of drug-likeness (QED) is 0.880. The third kappa shape index (κ3) is 3.91. The van der Waals surface area contributed by atoms with Gasteiger partial charge in [0, 0.05) is 17.4 Å². The van der Waals surface area contributed by atoms with E-state index in [-0.39, 0.29) is 11.9 Å². The third-order valence-electron chi connectivity index (χ3n) is 3.01. The van der Waals surface area contributed by atoms with Crippen LogP contribution in [0.1, 0.15) is 22.8 Å². The third-order valence-corrected chi connectivity index (χ3v) is 3.69. The van der Waals surface area contributed by atoms with Crippen molar-refractivity contribution in [2.45, 2.75) is 25.5 Å². The Morgan fingerprint density at radius 3 is 2.68 bits per heavy atom. The highest BCUT2D eigenvalue weighted by molar-refractivity contribution is 7.08. The molecule has 2 aromatic rings. The van der Waals surface area contributed by atoms with Crippen LogP contribution in [-0.4, -0.2) is 23.2 Å². The number of benzene rings is 1. The van der Waals surface area contributed by atoms with E-state index < -0.39 is 6.10 Å². The number of hydrogen-bond acceptors (Lipinski definition) is 3. The Bertz CT molecular complexity index is 510. The maximum atomic E-state index is 11.9. The summed E-state index contributed by atoms with van der Waals surface area (Å²) >= 11 is 1.48. The van der Waals surface area contributed by atoms with Gasteiger partial charge in [-0.25, -0.2) is 0 Å². The summed E-state index contributed by atoms with van der Waals surface area (Å²) in [6.45, 7) is 1.82. The minimum absolute atomic E-state index is 0.138. The lowest BCUT2D eigenvalue weighted by atomic mass is 10.0. The van der Waals surface area contributed by atoms with Crippen molar-refractivity contribution < 1.29 is 9.90 Å². The van der Waals surface area contributed by atoms with Crippen molar-refractivity contribution in [2.24, 2.45) is 0 Å². The molecule has 0 radical (unpaired) electrons. The minimum Gasteiger partial charge on any atom is -0.391 e. The van der Waals surface area contributed by atoms with Crippen LogP contribution in [0.15, 0.2) is 47.2 Å². The van der Waals surface area contributed by atoms with Gasteiger partial charge < -0.3 is 10.4 Å². The van der Waals surface area contributed by atoms with Crippen LogP contribution in [0.25, 0.3) is 0 Å². The largest absolute Gasteiger partial charge is 0.391 e. The topological polar surface area (TPSA) is 49.3 Å². The van der Waals surface area contributed by atoms with Gasteiger partial charge in [0.05, 0.1) is 12.1 Å². The molecule has 0 saturated carbocycles. The summed E-state index contributed by atoms with van der Waals surface area (Å²) in [7, 11) is 0. The van der Waals surface area contributed by atoms with Gasteiger partial charge in [-0.05, 0) is 23.9 Å². The first kappa shape index (κ1) is 13.8. The van der Waals surface area contributed by atoms with E-state index >= 15 is 0 Å². The zero-order chi connectivity index (χ0) is 13.7. The number of amides is 1. The van der Waals surface area contributed by atoms with Crippen LogP contribution < -0.4 is 5.32 Å². The summed E-state index contributed by atoms with van der Waals surface area (Å²) in [5.74, 6) is -0.138. The van der Waals surface area contributed by atoms with Gasteiger partial charge in [-0.3, -0.25) is 4.79 Å². The van der Waals surface area contributed by atoms with Gasteiger partial charge in [-0.2, -0.15) is 11.3 Å². The number of hydrogen-bond donors (Lipinski definition) is 2. The molecule has 1 aromatic heterocycles. The molecule has 3 nitrogen and oxygen atoms in total. The standard InChI is InChI=1S/C15H17NO2S/c1-11(16-15(18)13-7-8-19-10-13)14(17)9-12-5-3-2-4-6-12/h2-8,10-11,14,17H,9H2,1H3,(H,16,18). The normalized spacial score (nSPS) is 13.8. The first-order valence-electron chi connectivity index (χ1n) is 6.22. The maximum absolute atomic E-state index is 11.9. The molecule has 0 aliphatic heterocycles. The second-order valence-corrected chi connectivity index (χ2v) is 5.31. The van der Waals surface area contributed by atoms with Gasteiger partial charge in [0.25, 0.3) is 5.91 Å². The second-order valence-electron chi connectivity index (χ2n) is 4.53. The van der Waals surface area contributed by atoms with Gasteiger partial charge in [-0.15, -0.1) is 0 Å². The van der Waals surface area contributed by atoms with E-state index in [0.717, 1.165) is 5.56 Å². The Labute approximate surface area is 116 Å². The van der Waals surface area contributed by atoms with E-state index in [1.54, 1.807) is 11.4 Å². The van der Waals surface area contributed by atoms with Crippen LogP contribution in [-0.2, 0) is 6.42 Å². The molecule has 2 atom stereocenters. The maximum Gasteiger partial charge on any atom is 0.252 e. The molecule has 0 bridgehead atoms. The summed E-state index contributed by atoms with van der Waals surface area (Å²) in [5, 5.41) is 16.6. The zero-order valence-corrected chi connectivity index (χ0v) is 11.6. The van der Waals surface area contributed by atoms with Crippen molar-refractivity contribution in [2.75, 3.05) is 0 Å². The first-order valence-corrected chi connectivity index (χ1v) is 7.16. The summed E-state index contributed by atoms with van der Waals surface area (Å²) in [6, 6.07) is 11.3. The van der Waals surface area contributed by atoms with Gasteiger partial charge in [0.1, 0.15) is 0 Å². The predicted octanol–water partition coefficient (Wildman–Crippen LogP) is 2.47. The minimum atomic E-state index is -0.593. The highest BCUT2D eigenvalue weighted by Gasteiger charge is 2.17. The van der Waals surface area contributed by atoms with E-state index in [1.807, 2.05) is 42.6 Å². The molecule has 0 spiro atoms. The molecule has 19 heavy (non-hydrogen) atoms. The van der Waals surface area contributed by atoms with Gasteiger partial charge >= 0.3 is 0 Å². The van der Waals surface area contributed by atoms with Crippen LogP contribution in [0.4, 0.5) is 0 Å². The van der Waals surface area contributed by atoms with Gasteiger partial charge in [-0.1, -0.05) is 30.3 Å². The molecule has 1 aromatic carbocycles. The average molecular weight is 275 g/mol. The molecule has 1 amide bonds. The van der Waals surface area contributed by atoms with Crippen LogP contribution in [0, 0.1) is 0 Å². The lowest BCUT2D eigenvalue weighted by Gasteiger charge is -2.20. The summed E-state index contributed by atoms with van der Waals surface area (Å²) < 4.78 is 0. The summed E-state index contributed by atoms with van der Waals surface area (Å²) in [6.07, 6.45) is -0.0590. The number of thiophene rings is 1. The zero-order valence-electron chi connectivity index (χ0n) is 10.7. The number of carbonyl (C=O) groups is 1. The Morgan fingerprint density at radius 1 is 1.32 bits per heavy atom. The molecule has 100 valence electrons. The lowest BCUT2D eigenvalue weighted by molar-refractivity contribution is 0.0852. The van der Waals surface area contributed by atoms with E-state index in [0.29, 0.717) is 12.0 Å². The highest BCUT2D eigenvalue weighted by atomic mass is 32.1. The lowest BCUT2D eigenvalue weighted by Crippen LogP contribution is -2.42. The number of rotatable bonds is 5. The van der Waals surface area contributed by atoms with Crippen molar-refractivity contribution in [1.82, 2.24) is 5.32 Å². The molecular formula is C15H17NO2S. The van der Waals surface area contributed by atoms with Crippen LogP contribution in [0.3, 0.4) is 0 Å². The van der Waals surface area contributed by atoms with Gasteiger partial charge in [0.15, 0.2) is 0 Å². The molecule has 0 saturated heterocycles. The molecule has 0 aliphatic carbocycles. The monoisotopic (exact) mass is 275 g/mol. The van der Waals surface area contributed by atoms with Crippen molar-refractivity contribution in [3.8, 4) is 0 Å². The average Bonchev–Trinajstić information content (AvgIpc) is 2.93. The van der Waals surface area contributed by atoms with E-state index in [9.17, 15) is 9.90 Å². The summed E-state index contributed by atoms with van der Waals surface area (Å²) in [5.41, 5.74) is 1.70. The summed E-state index contributed by atoms with van der Waals surface area (Å²) in [4.78, 5) is 11.9. The Kier molecular flexibility index (Phi) is 4.71. The molecule has 1 heterocycles. The van der Waals surface area contributed by atoms with E-state index in [4.69, 9.17) is 0 Å². The highest BCUT2D eigenvalue weighted by Crippen LogP contribution is 2.09. The molecule has 4 heteroatoms. The number of aliphatic hydroxyl groups excluding tert-OH is 1. The number of carbonyl (C=O) groups excluding carboxylic acids is 1. The van der Waals surface area contributed by atoms with Crippen molar-refractivity contribution in [1.29, 1.82) is 0 Å². The van der Waals surface area contributed by atoms with Crippen LogP contribution in [0.5, 0.6) is 0 Å². The van der Waals surface area contributed by atoms with Crippen molar-refractivity contribution in [3.05, 3.63) is 58.3 Å². The Morgan fingerprint density at radius 2 is 2.05 bits per heavy atom. The molecule has 2 N–H and O–H groups in total. The van der Waals surface area contributed by atoms with E-state index in [1.165, 1.54) is 11.3 Å². The molecule has 2 rings (SSSR count). The number of aliphatic hydroxyl groups is 1. The fourth-order valence-corrected chi connectivity index (χ4v) is 2.45. The SMILES string of the molecule is CC(NC(=O)c1ccsc1)C(O)Cc1ccccc1. The number of nitrogens with one attached hydrogen (secondary N) is 1. The van der Waals surface area contributed by atoms with Crippen LogP contribution in [0.2, 0.25) is 0 Å². The molecule has 0 aliphatic rings. The molecule has 2 unspecified atom stereocenters. The fourth-order valence-electron chi connectivity index (χ4n) is 1.81. The Balaban J connectivity index is 1.89. The van der Waals surface area contributed by atoms with Gasteiger partial charge in [0.2, 0.25) is 0 Å². The molecular weight excluding hydrogens is 258 g/mol. The van der Waals surface area contributed by atoms with Crippen molar-refractivity contribution in [3.63, 3.8) is 0 Å². The first-order chi connectivity index (χ1) is 9.16.